The fourth-order valence-corrected chi connectivity index (χ4v) is 2.32. The number of carbonyl (C=O) groups excluding carboxylic acids is 1. The maximum Gasteiger partial charge on any atom is 0.253 e. The largest absolute Gasteiger partial charge is 0.497 e. The van der Waals surface area contributed by atoms with Crippen LogP contribution in [0.5, 0.6) is 5.75 Å². The highest BCUT2D eigenvalue weighted by atomic mass is 79.9. The summed E-state index contributed by atoms with van der Waals surface area (Å²) in [5, 5.41) is 2.97. The summed E-state index contributed by atoms with van der Waals surface area (Å²) < 4.78 is 5.86. The van der Waals surface area contributed by atoms with Crippen molar-refractivity contribution in [3.05, 3.63) is 28.2 Å². The molecule has 0 aromatic heterocycles. The Balaban J connectivity index is 2.18. The Hall–Kier alpha value is -0.740. The van der Waals surface area contributed by atoms with Crippen LogP contribution in [0.4, 0.5) is 0 Å². The molecule has 5 heteroatoms. The normalized spacial score (nSPS) is 16.4. The molecular weight excluding hydrogens is 305 g/mol. The standard InChI is InChI=1S/C12H13BrClNO2/c1-17-8-2-3-10(13)9(6-8)11(16)15-12(7-14)4-5-12/h2-3,6H,4-5,7H2,1H3,(H,15,16). The van der Waals surface area contributed by atoms with Gasteiger partial charge in [0.2, 0.25) is 0 Å². The van der Waals surface area contributed by atoms with E-state index in [0.717, 1.165) is 17.3 Å². The SMILES string of the molecule is COc1ccc(Br)c(C(=O)NC2(CCl)CC2)c1. The quantitative estimate of drug-likeness (QED) is 0.867. The van der Waals surface area contributed by atoms with E-state index in [-0.39, 0.29) is 11.4 Å². The van der Waals surface area contributed by atoms with E-state index in [2.05, 4.69) is 21.2 Å². The lowest BCUT2D eigenvalue weighted by molar-refractivity contribution is 0.0935. The molecule has 1 aromatic rings. The van der Waals surface area contributed by atoms with Crippen LogP contribution in [0, 0.1) is 0 Å². The number of alkyl halides is 1. The Labute approximate surface area is 114 Å². The van der Waals surface area contributed by atoms with Crippen molar-refractivity contribution >= 4 is 33.4 Å². The summed E-state index contributed by atoms with van der Waals surface area (Å²) in [6.07, 6.45) is 1.90. The Morgan fingerprint density at radius 2 is 2.29 bits per heavy atom. The second-order valence-corrected chi connectivity index (χ2v) is 5.34. The van der Waals surface area contributed by atoms with Crippen LogP contribution in [-0.2, 0) is 0 Å². The average molecular weight is 319 g/mol. The van der Waals surface area contributed by atoms with Crippen molar-refractivity contribution in [3.8, 4) is 5.75 Å². The van der Waals surface area contributed by atoms with Crippen LogP contribution in [0.3, 0.4) is 0 Å². The maximum absolute atomic E-state index is 12.1. The summed E-state index contributed by atoms with van der Waals surface area (Å²) in [6, 6.07) is 5.31. The first kappa shape index (κ1) is 12.7. The second kappa shape index (κ2) is 4.86. The molecule has 3 nitrogen and oxygen atoms in total. The number of ether oxygens (including phenoxy) is 1. The minimum Gasteiger partial charge on any atom is -0.497 e. The molecule has 1 amide bonds. The molecule has 0 radical (unpaired) electrons. The number of benzene rings is 1. The van der Waals surface area contributed by atoms with Crippen molar-refractivity contribution in [1.29, 1.82) is 0 Å². The van der Waals surface area contributed by atoms with Gasteiger partial charge in [-0.2, -0.15) is 0 Å². The second-order valence-electron chi connectivity index (χ2n) is 4.21. The Morgan fingerprint density at radius 1 is 1.59 bits per heavy atom. The molecule has 0 heterocycles. The summed E-state index contributed by atoms with van der Waals surface area (Å²) >= 11 is 9.20. The van der Waals surface area contributed by atoms with Crippen LogP contribution in [0.2, 0.25) is 0 Å². The molecule has 92 valence electrons. The lowest BCUT2D eigenvalue weighted by Crippen LogP contribution is -2.38. The van der Waals surface area contributed by atoms with Crippen LogP contribution < -0.4 is 10.1 Å². The fourth-order valence-electron chi connectivity index (χ4n) is 1.56. The third-order valence-electron chi connectivity index (χ3n) is 2.91. The molecule has 0 bridgehead atoms. The number of amides is 1. The monoisotopic (exact) mass is 317 g/mol. The predicted octanol–water partition coefficient (Wildman–Crippen LogP) is 2.96. The number of nitrogens with one attached hydrogen (secondary N) is 1. The van der Waals surface area contributed by atoms with Crippen LogP contribution in [0.25, 0.3) is 0 Å². The number of rotatable bonds is 4. The first-order valence-electron chi connectivity index (χ1n) is 5.32. The highest BCUT2D eigenvalue weighted by molar-refractivity contribution is 9.10. The lowest BCUT2D eigenvalue weighted by Gasteiger charge is -2.15. The smallest absolute Gasteiger partial charge is 0.253 e. The lowest BCUT2D eigenvalue weighted by atomic mass is 10.2. The van der Waals surface area contributed by atoms with E-state index in [9.17, 15) is 4.79 Å². The zero-order chi connectivity index (χ0) is 12.5. The van der Waals surface area contributed by atoms with E-state index in [0.29, 0.717) is 17.2 Å². The van der Waals surface area contributed by atoms with Gasteiger partial charge in [-0.1, -0.05) is 0 Å². The number of halogens is 2. The summed E-state index contributed by atoms with van der Waals surface area (Å²) in [7, 11) is 1.58. The molecule has 1 aromatic carbocycles. The van der Waals surface area contributed by atoms with E-state index in [1.165, 1.54) is 0 Å². The van der Waals surface area contributed by atoms with Gasteiger partial charge in [0.05, 0.1) is 18.2 Å². The van der Waals surface area contributed by atoms with Crippen molar-refractivity contribution in [2.45, 2.75) is 18.4 Å². The fraction of sp³-hybridized carbons (Fsp3) is 0.417. The zero-order valence-electron chi connectivity index (χ0n) is 9.43. The molecule has 1 N–H and O–H groups in total. The minimum atomic E-state index is -0.193. The number of hydrogen-bond donors (Lipinski definition) is 1. The highest BCUT2D eigenvalue weighted by Gasteiger charge is 2.43. The van der Waals surface area contributed by atoms with Crippen LogP contribution in [-0.4, -0.2) is 24.4 Å². The molecular formula is C12H13BrClNO2. The van der Waals surface area contributed by atoms with Gasteiger partial charge in [0.1, 0.15) is 5.75 Å². The van der Waals surface area contributed by atoms with Gasteiger partial charge in [-0.3, -0.25) is 4.79 Å². The van der Waals surface area contributed by atoms with E-state index >= 15 is 0 Å². The topological polar surface area (TPSA) is 38.3 Å². The van der Waals surface area contributed by atoms with Gasteiger partial charge in [0.15, 0.2) is 0 Å². The predicted molar refractivity (Wildman–Crippen MR) is 70.8 cm³/mol. The first-order valence-corrected chi connectivity index (χ1v) is 6.65. The van der Waals surface area contributed by atoms with Crippen molar-refractivity contribution in [3.63, 3.8) is 0 Å². The average Bonchev–Trinajstić information content (AvgIpc) is 3.10. The molecule has 0 atom stereocenters. The van der Waals surface area contributed by atoms with E-state index < -0.39 is 0 Å². The zero-order valence-corrected chi connectivity index (χ0v) is 11.8. The third kappa shape index (κ3) is 2.75. The van der Waals surface area contributed by atoms with Crippen molar-refractivity contribution < 1.29 is 9.53 Å². The van der Waals surface area contributed by atoms with Crippen molar-refractivity contribution in [2.24, 2.45) is 0 Å². The molecule has 1 aliphatic carbocycles. The molecule has 0 spiro atoms. The Bertz CT molecular complexity index is 446. The summed E-state index contributed by atoms with van der Waals surface area (Å²) in [6.45, 7) is 0. The molecule has 1 aliphatic rings. The summed E-state index contributed by atoms with van der Waals surface area (Å²) in [5.74, 6) is 1.00. The van der Waals surface area contributed by atoms with Gasteiger partial charge in [-0.25, -0.2) is 0 Å². The molecule has 0 saturated heterocycles. The minimum absolute atomic E-state index is 0.117. The van der Waals surface area contributed by atoms with E-state index in [1.807, 2.05) is 0 Å². The van der Waals surface area contributed by atoms with Gasteiger partial charge in [0.25, 0.3) is 5.91 Å². The Morgan fingerprint density at radius 3 is 2.82 bits per heavy atom. The third-order valence-corrected chi connectivity index (χ3v) is 4.11. The van der Waals surface area contributed by atoms with Gasteiger partial charge in [-0.15, -0.1) is 11.6 Å². The molecule has 17 heavy (non-hydrogen) atoms. The molecule has 0 unspecified atom stereocenters. The van der Waals surface area contributed by atoms with Gasteiger partial charge < -0.3 is 10.1 Å². The highest BCUT2D eigenvalue weighted by Crippen LogP contribution is 2.37. The van der Waals surface area contributed by atoms with E-state index in [4.69, 9.17) is 16.3 Å². The molecule has 2 rings (SSSR count). The van der Waals surface area contributed by atoms with Crippen LogP contribution >= 0.6 is 27.5 Å². The summed E-state index contributed by atoms with van der Waals surface area (Å²) in [4.78, 5) is 12.1. The van der Waals surface area contributed by atoms with Crippen LogP contribution in [0.15, 0.2) is 22.7 Å². The number of hydrogen-bond acceptors (Lipinski definition) is 2. The van der Waals surface area contributed by atoms with Crippen molar-refractivity contribution in [2.75, 3.05) is 13.0 Å². The Kier molecular flexibility index (Phi) is 3.64. The summed E-state index contributed by atoms with van der Waals surface area (Å²) in [5.41, 5.74) is 0.377. The van der Waals surface area contributed by atoms with Gasteiger partial charge in [-0.05, 0) is 47.0 Å². The number of carbonyl (C=O) groups is 1. The van der Waals surface area contributed by atoms with Crippen molar-refractivity contribution in [1.82, 2.24) is 5.32 Å². The number of methoxy groups -OCH3 is 1. The van der Waals surface area contributed by atoms with Gasteiger partial charge >= 0.3 is 0 Å². The van der Waals surface area contributed by atoms with Gasteiger partial charge in [0, 0.05) is 10.4 Å². The molecule has 1 saturated carbocycles. The molecule has 0 aliphatic heterocycles. The maximum atomic E-state index is 12.1. The van der Waals surface area contributed by atoms with Crippen LogP contribution in [0.1, 0.15) is 23.2 Å². The first-order chi connectivity index (χ1) is 8.10. The molecule has 1 fully saturated rings. The van der Waals surface area contributed by atoms with E-state index in [1.54, 1.807) is 25.3 Å².